The van der Waals surface area contributed by atoms with Gasteiger partial charge in [-0.05, 0) is 79.1 Å². The molecule has 0 bridgehead atoms. The fourth-order valence-electron chi connectivity index (χ4n) is 5.26. The monoisotopic (exact) mass is 375 g/mol. The van der Waals surface area contributed by atoms with E-state index in [0.717, 1.165) is 30.1 Å². The number of likely N-dealkylation sites (N-methyl/N-ethyl adjacent to an activating group) is 1. The Morgan fingerprint density at radius 1 is 1.14 bits per heavy atom. The van der Waals surface area contributed by atoms with Crippen molar-refractivity contribution in [1.29, 1.82) is 5.26 Å². The van der Waals surface area contributed by atoms with E-state index in [1.165, 1.54) is 49.5 Å². The highest BCUT2D eigenvalue weighted by Gasteiger charge is 2.40. The summed E-state index contributed by atoms with van der Waals surface area (Å²) in [7, 11) is 2.25. The minimum Gasteiger partial charge on any atom is -0.302 e. The second-order valence-electron chi connectivity index (χ2n) is 8.75. The van der Waals surface area contributed by atoms with Crippen molar-refractivity contribution in [3.63, 3.8) is 0 Å². The quantitative estimate of drug-likeness (QED) is 0.795. The molecule has 5 rings (SSSR count). The molecule has 3 aliphatic rings. The number of halogens is 1. The van der Waals surface area contributed by atoms with Gasteiger partial charge in [0.15, 0.2) is 0 Å². The van der Waals surface area contributed by atoms with Crippen molar-refractivity contribution in [3.05, 3.63) is 58.9 Å². The number of benzene rings is 2. The lowest BCUT2D eigenvalue weighted by Crippen LogP contribution is -2.32. The van der Waals surface area contributed by atoms with Gasteiger partial charge in [-0.15, -0.1) is 0 Å². The second-order valence-corrected chi connectivity index (χ2v) is 8.75. The van der Waals surface area contributed by atoms with E-state index < -0.39 is 5.82 Å². The maximum atomic E-state index is 14.2. The van der Waals surface area contributed by atoms with Crippen LogP contribution in [0.1, 0.15) is 41.9 Å². The molecule has 2 heterocycles. The molecule has 3 nitrogen and oxygen atoms in total. The summed E-state index contributed by atoms with van der Waals surface area (Å²) >= 11 is 0. The number of nitriles is 1. The van der Waals surface area contributed by atoms with Gasteiger partial charge in [-0.2, -0.15) is 5.26 Å². The molecule has 2 saturated heterocycles. The molecule has 0 aromatic heterocycles. The number of likely N-dealkylation sites (tertiary alicyclic amines) is 2. The smallest absolute Gasteiger partial charge is 0.141 e. The Bertz CT molecular complexity index is 943. The van der Waals surface area contributed by atoms with Crippen molar-refractivity contribution >= 4 is 0 Å². The van der Waals surface area contributed by atoms with Crippen LogP contribution in [0.3, 0.4) is 0 Å². The van der Waals surface area contributed by atoms with Crippen LogP contribution in [0.15, 0.2) is 36.4 Å². The van der Waals surface area contributed by atoms with Gasteiger partial charge in [-0.1, -0.05) is 24.3 Å². The summed E-state index contributed by atoms with van der Waals surface area (Å²) in [5.41, 5.74) is 4.93. The zero-order valence-electron chi connectivity index (χ0n) is 16.4. The van der Waals surface area contributed by atoms with E-state index in [1.54, 1.807) is 6.07 Å². The normalized spacial score (nSPS) is 25.0. The molecular formula is C24H26FN3. The average molecular weight is 375 g/mol. The lowest BCUT2D eigenvalue weighted by molar-refractivity contribution is 0.255. The Morgan fingerprint density at radius 3 is 2.71 bits per heavy atom. The highest BCUT2D eigenvalue weighted by atomic mass is 19.1. The number of fused-ring (bicyclic) bond motifs is 1. The Labute approximate surface area is 166 Å². The van der Waals surface area contributed by atoms with E-state index in [0.29, 0.717) is 12.0 Å². The van der Waals surface area contributed by atoms with E-state index in [-0.39, 0.29) is 5.56 Å². The molecular weight excluding hydrogens is 349 g/mol. The summed E-state index contributed by atoms with van der Waals surface area (Å²) in [6.45, 7) is 4.56. The van der Waals surface area contributed by atoms with Crippen molar-refractivity contribution in [3.8, 4) is 17.2 Å². The van der Waals surface area contributed by atoms with Crippen LogP contribution >= 0.6 is 0 Å². The zero-order valence-corrected chi connectivity index (χ0v) is 16.4. The Kier molecular flexibility index (Phi) is 4.45. The predicted molar refractivity (Wildman–Crippen MR) is 108 cm³/mol. The lowest BCUT2D eigenvalue weighted by atomic mass is 9.91. The van der Waals surface area contributed by atoms with E-state index in [4.69, 9.17) is 5.26 Å². The van der Waals surface area contributed by atoms with Crippen LogP contribution in [0.25, 0.3) is 11.1 Å². The zero-order chi connectivity index (χ0) is 19.3. The van der Waals surface area contributed by atoms with Gasteiger partial charge in [0, 0.05) is 25.7 Å². The van der Waals surface area contributed by atoms with Gasteiger partial charge in [0.1, 0.15) is 11.9 Å². The highest BCUT2D eigenvalue weighted by Crippen LogP contribution is 2.47. The molecule has 4 heteroatoms. The maximum absolute atomic E-state index is 14.2. The molecule has 0 amide bonds. The van der Waals surface area contributed by atoms with Crippen LogP contribution in [0.4, 0.5) is 4.39 Å². The van der Waals surface area contributed by atoms with Crippen LogP contribution in [0, 0.1) is 23.1 Å². The third-order valence-electron chi connectivity index (χ3n) is 6.88. The molecule has 0 N–H and O–H groups in total. The van der Waals surface area contributed by atoms with Crippen LogP contribution in [-0.2, 0) is 6.54 Å². The molecule has 1 aliphatic carbocycles. The molecule has 2 atom stereocenters. The molecule has 2 unspecified atom stereocenters. The summed E-state index contributed by atoms with van der Waals surface area (Å²) in [6, 6.07) is 14.1. The van der Waals surface area contributed by atoms with Crippen LogP contribution in [0.5, 0.6) is 0 Å². The van der Waals surface area contributed by atoms with E-state index in [2.05, 4.69) is 35.0 Å². The van der Waals surface area contributed by atoms with Crippen molar-refractivity contribution in [2.24, 2.45) is 5.92 Å². The van der Waals surface area contributed by atoms with Crippen molar-refractivity contribution in [2.45, 2.75) is 37.8 Å². The van der Waals surface area contributed by atoms with Crippen LogP contribution in [-0.4, -0.2) is 42.5 Å². The highest BCUT2D eigenvalue weighted by molar-refractivity contribution is 5.71. The third-order valence-corrected chi connectivity index (χ3v) is 6.88. The Hall–Kier alpha value is -2.22. The molecule has 28 heavy (non-hydrogen) atoms. The molecule has 1 saturated carbocycles. The topological polar surface area (TPSA) is 30.3 Å². The molecule has 0 spiro atoms. The first-order valence-corrected chi connectivity index (χ1v) is 10.4. The predicted octanol–water partition coefficient (Wildman–Crippen LogP) is 4.38. The van der Waals surface area contributed by atoms with Gasteiger partial charge in [0.05, 0.1) is 5.56 Å². The standard InChI is InChI=1S/C24H26FN3/c1-27-10-9-19-13-28(15-23(19)27)14-20-3-2-4-21(24(20)16-5-6-16)17-7-8-18(12-26)22(25)11-17/h2-4,7-8,11,16,19,23H,5-6,9-10,13-15H2,1H3. The van der Waals surface area contributed by atoms with E-state index in [9.17, 15) is 4.39 Å². The molecule has 0 radical (unpaired) electrons. The summed E-state index contributed by atoms with van der Waals surface area (Å²) in [5.74, 6) is 0.974. The molecule has 2 aromatic carbocycles. The summed E-state index contributed by atoms with van der Waals surface area (Å²) in [6.07, 6.45) is 3.76. The fraction of sp³-hybridized carbons (Fsp3) is 0.458. The van der Waals surface area contributed by atoms with Gasteiger partial charge in [0.2, 0.25) is 0 Å². The van der Waals surface area contributed by atoms with E-state index in [1.807, 2.05) is 12.1 Å². The fourth-order valence-corrected chi connectivity index (χ4v) is 5.26. The molecule has 2 aliphatic heterocycles. The first kappa shape index (κ1) is 17.8. The van der Waals surface area contributed by atoms with E-state index >= 15 is 0 Å². The van der Waals surface area contributed by atoms with Crippen molar-refractivity contribution < 1.29 is 4.39 Å². The Balaban J connectivity index is 1.46. The summed E-state index contributed by atoms with van der Waals surface area (Å²) < 4.78 is 14.2. The maximum Gasteiger partial charge on any atom is 0.141 e. The minimum atomic E-state index is -0.428. The summed E-state index contributed by atoms with van der Waals surface area (Å²) in [4.78, 5) is 5.12. The lowest BCUT2D eigenvalue weighted by Gasteiger charge is -2.23. The van der Waals surface area contributed by atoms with Crippen LogP contribution < -0.4 is 0 Å². The molecule has 3 fully saturated rings. The first-order chi connectivity index (χ1) is 13.6. The number of hydrogen-bond donors (Lipinski definition) is 0. The average Bonchev–Trinajstić information content (AvgIpc) is 3.37. The Morgan fingerprint density at radius 2 is 2.00 bits per heavy atom. The number of nitrogens with zero attached hydrogens (tertiary/aromatic N) is 3. The third kappa shape index (κ3) is 3.13. The van der Waals surface area contributed by atoms with Gasteiger partial charge in [0.25, 0.3) is 0 Å². The minimum absolute atomic E-state index is 0.112. The van der Waals surface area contributed by atoms with Crippen molar-refractivity contribution in [2.75, 3.05) is 26.7 Å². The van der Waals surface area contributed by atoms with Gasteiger partial charge >= 0.3 is 0 Å². The van der Waals surface area contributed by atoms with Gasteiger partial charge in [-0.25, -0.2) is 4.39 Å². The SMILES string of the molecule is CN1CCC2CN(Cc3cccc(-c4ccc(C#N)c(F)c4)c3C3CC3)CC21. The molecule has 144 valence electrons. The summed E-state index contributed by atoms with van der Waals surface area (Å²) in [5, 5.41) is 9.02. The van der Waals surface area contributed by atoms with Gasteiger partial charge < -0.3 is 4.90 Å². The largest absolute Gasteiger partial charge is 0.302 e. The number of rotatable bonds is 4. The van der Waals surface area contributed by atoms with Crippen LogP contribution in [0.2, 0.25) is 0 Å². The first-order valence-electron chi connectivity index (χ1n) is 10.4. The second kappa shape index (κ2) is 6.99. The number of hydrogen-bond acceptors (Lipinski definition) is 3. The molecule has 2 aromatic rings. The van der Waals surface area contributed by atoms with Crippen molar-refractivity contribution in [1.82, 2.24) is 9.80 Å². The van der Waals surface area contributed by atoms with Gasteiger partial charge in [-0.3, -0.25) is 4.90 Å².